The van der Waals surface area contributed by atoms with Gasteiger partial charge in [-0.15, -0.1) is 13.2 Å². The van der Waals surface area contributed by atoms with E-state index in [0.717, 1.165) is 5.88 Å². The van der Waals surface area contributed by atoms with E-state index in [9.17, 15) is 5.11 Å². The highest BCUT2D eigenvalue weighted by molar-refractivity contribution is 5.36. The Bertz CT molecular complexity index is 300. The van der Waals surface area contributed by atoms with Crippen molar-refractivity contribution in [2.75, 3.05) is 18.5 Å². The van der Waals surface area contributed by atoms with Gasteiger partial charge in [0, 0.05) is 19.7 Å². The molecule has 0 saturated heterocycles. The van der Waals surface area contributed by atoms with E-state index in [0.29, 0.717) is 18.7 Å². The Morgan fingerprint density at radius 1 is 1.47 bits per heavy atom. The average Bonchev–Trinajstić information content (AvgIpc) is 2.67. The molecule has 0 amide bonds. The van der Waals surface area contributed by atoms with Crippen molar-refractivity contribution < 1.29 is 9.52 Å². The zero-order valence-electron chi connectivity index (χ0n) is 9.02. The van der Waals surface area contributed by atoms with Crippen molar-refractivity contribution in [1.29, 1.82) is 0 Å². The zero-order chi connectivity index (χ0) is 11.3. The van der Waals surface area contributed by atoms with Crippen LogP contribution in [0.4, 0.5) is 5.88 Å². The molecule has 3 heteroatoms. The van der Waals surface area contributed by atoms with E-state index < -0.39 is 6.10 Å². The number of rotatable bonds is 6. The highest BCUT2D eigenvalue weighted by Crippen LogP contribution is 2.24. The standard InChI is InChI=1S/C12H17NO2/c1-4-6-10(14)11-7-8-12(15-11)13(3)9-5-2/h4-5,7-8,10,14H,1-2,6,9H2,3H3. The Balaban J connectivity index is 2.70. The van der Waals surface area contributed by atoms with Crippen LogP contribution in [0.2, 0.25) is 0 Å². The number of nitrogens with zero attached hydrogens (tertiary/aromatic N) is 1. The Morgan fingerprint density at radius 3 is 2.80 bits per heavy atom. The molecule has 15 heavy (non-hydrogen) atoms. The monoisotopic (exact) mass is 207 g/mol. The van der Waals surface area contributed by atoms with Crippen LogP contribution in [0.25, 0.3) is 0 Å². The molecule has 1 N–H and O–H groups in total. The summed E-state index contributed by atoms with van der Waals surface area (Å²) in [5, 5.41) is 9.64. The fraction of sp³-hybridized carbons (Fsp3) is 0.333. The van der Waals surface area contributed by atoms with Gasteiger partial charge >= 0.3 is 0 Å². The van der Waals surface area contributed by atoms with Crippen LogP contribution < -0.4 is 4.90 Å². The molecule has 0 aromatic carbocycles. The first-order valence-electron chi connectivity index (χ1n) is 4.89. The number of aliphatic hydroxyl groups is 1. The number of hydrogen-bond acceptors (Lipinski definition) is 3. The van der Waals surface area contributed by atoms with Crippen LogP contribution in [0.1, 0.15) is 18.3 Å². The van der Waals surface area contributed by atoms with Crippen LogP contribution in [0.15, 0.2) is 41.9 Å². The fourth-order valence-corrected chi connectivity index (χ4v) is 1.28. The molecule has 82 valence electrons. The molecule has 3 nitrogen and oxygen atoms in total. The molecule has 1 rings (SSSR count). The Hall–Kier alpha value is -1.48. The Morgan fingerprint density at radius 2 is 2.20 bits per heavy atom. The van der Waals surface area contributed by atoms with Gasteiger partial charge in [-0.2, -0.15) is 0 Å². The topological polar surface area (TPSA) is 36.6 Å². The van der Waals surface area contributed by atoms with E-state index in [1.54, 1.807) is 18.2 Å². The molecule has 1 heterocycles. The minimum atomic E-state index is -0.603. The van der Waals surface area contributed by atoms with Crippen LogP contribution in [-0.2, 0) is 0 Å². The SMILES string of the molecule is C=CCC(O)c1ccc(N(C)CC=C)o1. The van der Waals surface area contributed by atoms with E-state index in [1.807, 2.05) is 18.0 Å². The molecule has 0 spiro atoms. The first-order chi connectivity index (χ1) is 7.19. The smallest absolute Gasteiger partial charge is 0.195 e. The molecular formula is C12H17NO2. The second-order valence-electron chi connectivity index (χ2n) is 3.39. The van der Waals surface area contributed by atoms with Crippen molar-refractivity contribution in [2.45, 2.75) is 12.5 Å². The number of hydrogen-bond donors (Lipinski definition) is 1. The molecule has 0 aliphatic carbocycles. The van der Waals surface area contributed by atoms with Crippen LogP contribution >= 0.6 is 0 Å². The van der Waals surface area contributed by atoms with Gasteiger partial charge in [-0.05, 0) is 12.5 Å². The summed E-state index contributed by atoms with van der Waals surface area (Å²) in [5.41, 5.74) is 0. The summed E-state index contributed by atoms with van der Waals surface area (Å²) in [5.74, 6) is 1.30. The maximum atomic E-state index is 9.64. The quantitative estimate of drug-likeness (QED) is 0.728. The summed E-state index contributed by atoms with van der Waals surface area (Å²) in [4.78, 5) is 1.91. The summed E-state index contributed by atoms with van der Waals surface area (Å²) in [6.07, 6.45) is 3.36. The average molecular weight is 207 g/mol. The first-order valence-corrected chi connectivity index (χ1v) is 4.89. The summed E-state index contributed by atoms with van der Waals surface area (Å²) in [7, 11) is 1.91. The van der Waals surface area contributed by atoms with Crippen molar-refractivity contribution in [3.05, 3.63) is 43.2 Å². The van der Waals surface area contributed by atoms with Crippen molar-refractivity contribution >= 4 is 5.88 Å². The molecule has 0 bridgehead atoms. The number of likely N-dealkylation sites (N-methyl/N-ethyl adjacent to an activating group) is 1. The molecule has 1 atom stereocenters. The normalized spacial score (nSPS) is 12.1. The van der Waals surface area contributed by atoms with Gasteiger partial charge in [-0.25, -0.2) is 0 Å². The predicted molar refractivity (Wildman–Crippen MR) is 61.9 cm³/mol. The van der Waals surface area contributed by atoms with Gasteiger partial charge in [0.1, 0.15) is 11.9 Å². The maximum absolute atomic E-state index is 9.64. The Labute approximate surface area is 90.3 Å². The zero-order valence-corrected chi connectivity index (χ0v) is 9.02. The number of furan rings is 1. The minimum Gasteiger partial charge on any atom is -0.443 e. The number of aliphatic hydroxyl groups excluding tert-OH is 1. The number of anilines is 1. The maximum Gasteiger partial charge on any atom is 0.195 e. The molecule has 0 aliphatic heterocycles. The van der Waals surface area contributed by atoms with Crippen LogP contribution in [0, 0.1) is 0 Å². The summed E-state index contributed by atoms with van der Waals surface area (Å²) in [6.45, 7) is 7.94. The molecule has 1 unspecified atom stereocenters. The first kappa shape index (κ1) is 11.6. The summed E-state index contributed by atoms with van der Waals surface area (Å²) >= 11 is 0. The van der Waals surface area contributed by atoms with Crippen molar-refractivity contribution in [1.82, 2.24) is 0 Å². The third-order valence-corrected chi connectivity index (χ3v) is 2.11. The minimum absolute atomic E-state index is 0.498. The third-order valence-electron chi connectivity index (χ3n) is 2.11. The van der Waals surface area contributed by atoms with Gasteiger partial charge in [0.15, 0.2) is 5.88 Å². The largest absolute Gasteiger partial charge is 0.443 e. The molecule has 0 radical (unpaired) electrons. The van der Waals surface area contributed by atoms with E-state index in [4.69, 9.17) is 4.42 Å². The lowest BCUT2D eigenvalue weighted by Gasteiger charge is -2.13. The molecule has 0 saturated carbocycles. The highest BCUT2D eigenvalue weighted by atomic mass is 16.4. The van der Waals surface area contributed by atoms with E-state index in [-0.39, 0.29) is 0 Å². The molecule has 0 aliphatic rings. The van der Waals surface area contributed by atoms with Crippen LogP contribution in [0.5, 0.6) is 0 Å². The Kier molecular flexibility index (Phi) is 4.18. The lowest BCUT2D eigenvalue weighted by molar-refractivity contribution is 0.154. The lowest BCUT2D eigenvalue weighted by Crippen LogP contribution is -2.15. The molecular weight excluding hydrogens is 190 g/mol. The van der Waals surface area contributed by atoms with Gasteiger partial charge in [0.25, 0.3) is 0 Å². The summed E-state index contributed by atoms with van der Waals surface area (Å²) in [6, 6.07) is 3.62. The van der Waals surface area contributed by atoms with E-state index in [2.05, 4.69) is 13.2 Å². The van der Waals surface area contributed by atoms with E-state index in [1.165, 1.54) is 0 Å². The summed E-state index contributed by atoms with van der Waals surface area (Å²) < 4.78 is 5.49. The van der Waals surface area contributed by atoms with Gasteiger partial charge in [0.2, 0.25) is 0 Å². The van der Waals surface area contributed by atoms with Gasteiger partial charge in [0.05, 0.1) is 0 Å². The van der Waals surface area contributed by atoms with Crippen molar-refractivity contribution in [2.24, 2.45) is 0 Å². The predicted octanol–water partition coefficient (Wildman–Crippen LogP) is 2.51. The third kappa shape index (κ3) is 2.99. The van der Waals surface area contributed by atoms with E-state index >= 15 is 0 Å². The van der Waals surface area contributed by atoms with Crippen molar-refractivity contribution in [3.8, 4) is 0 Å². The van der Waals surface area contributed by atoms with Gasteiger partial charge in [-0.3, -0.25) is 0 Å². The second kappa shape index (κ2) is 5.41. The highest BCUT2D eigenvalue weighted by Gasteiger charge is 2.12. The van der Waals surface area contributed by atoms with Crippen LogP contribution in [-0.4, -0.2) is 18.7 Å². The second-order valence-corrected chi connectivity index (χ2v) is 3.39. The lowest BCUT2D eigenvalue weighted by atomic mass is 10.2. The molecule has 1 aromatic rings. The van der Waals surface area contributed by atoms with Crippen LogP contribution in [0.3, 0.4) is 0 Å². The van der Waals surface area contributed by atoms with Gasteiger partial charge < -0.3 is 14.4 Å². The fourth-order valence-electron chi connectivity index (χ4n) is 1.28. The molecule has 0 fully saturated rings. The van der Waals surface area contributed by atoms with Crippen molar-refractivity contribution in [3.63, 3.8) is 0 Å². The molecule has 1 aromatic heterocycles. The van der Waals surface area contributed by atoms with Gasteiger partial charge in [-0.1, -0.05) is 12.2 Å².